The minimum atomic E-state index is -0.293. The molecule has 0 unspecified atom stereocenters. The lowest BCUT2D eigenvalue weighted by Gasteiger charge is -2.09. The van der Waals surface area contributed by atoms with Crippen molar-refractivity contribution in [2.24, 2.45) is 10.7 Å². The van der Waals surface area contributed by atoms with Gasteiger partial charge in [0.2, 0.25) is 0 Å². The number of hydrogen-bond donors (Lipinski definition) is 2. The van der Waals surface area contributed by atoms with Gasteiger partial charge < -0.3 is 20.5 Å². The predicted molar refractivity (Wildman–Crippen MR) is 111 cm³/mol. The number of nitrogens with one attached hydrogen (secondary N) is 1. The number of halogens is 3. The first kappa shape index (κ1) is 21.5. The van der Waals surface area contributed by atoms with Crippen LogP contribution in [0.3, 0.4) is 0 Å². The molecule has 0 atom stereocenters. The third kappa shape index (κ3) is 6.35. The number of nitrogens with two attached hydrogens (primary N) is 1. The molecule has 25 heavy (non-hydrogen) atoms. The topological polar surface area (TPSA) is 68.9 Å². The number of guanidine groups is 1. The Morgan fingerprint density at radius 3 is 2.56 bits per heavy atom. The second-order valence-electron chi connectivity index (χ2n) is 4.98. The van der Waals surface area contributed by atoms with Crippen LogP contribution in [0.5, 0.6) is 11.5 Å². The van der Waals surface area contributed by atoms with Crippen molar-refractivity contribution in [1.29, 1.82) is 0 Å². The van der Waals surface area contributed by atoms with Crippen molar-refractivity contribution >= 4 is 45.9 Å². The van der Waals surface area contributed by atoms with Crippen LogP contribution in [0.15, 0.2) is 45.9 Å². The van der Waals surface area contributed by atoms with E-state index in [1.807, 2.05) is 18.2 Å². The Bertz CT molecular complexity index is 744. The van der Waals surface area contributed by atoms with Gasteiger partial charge in [0.15, 0.2) is 17.5 Å². The summed E-state index contributed by atoms with van der Waals surface area (Å²) in [5.41, 5.74) is 7.26. The van der Waals surface area contributed by atoms with E-state index in [2.05, 4.69) is 26.2 Å². The Hall–Kier alpha value is -1.55. The van der Waals surface area contributed by atoms with Gasteiger partial charge in [-0.15, -0.1) is 24.0 Å². The first-order chi connectivity index (χ1) is 11.5. The summed E-state index contributed by atoms with van der Waals surface area (Å²) in [5, 5.41) is 2.90. The van der Waals surface area contributed by atoms with Gasteiger partial charge >= 0.3 is 0 Å². The lowest BCUT2D eigenvalue weighted by Crippen LogP contribution is -2.31. The molecule has 0 aliphatic carbocycles. The van der Waals surface area contributed by atoms with E-state index < -0.39 is 0 Å². The molecule has 0 aliphatic heterocycles. The minimum Gasteiger partial charge on any atom is -0.493 e. The summed E-state index contributed by atoms with van der Waals surface area (Å²) in [6.07, 6.45) is 0. The molecule has 136 valence electrons. The monoisotopic (exact) mass is 523 g/mol. The van der Waals surface area contributed by atoms with Crippen molar-refractivity contribution in [3.63, 3.8) is 0 Å². The molecule has 0 fully saturated rings. The first-order valence-corrected chi connectivity index (χ1v) is 8.01. The van der Waals surface area contributed by atoms with Gasteiger partial charge in [-0.3, -0.25) is 0 Å². The summed E-state index contributed by atoms with van der Waals surface area (Å²) in [4.78, 5) is 4.25. The van der Waals surface area contributed by atoms with Gasteiger partial charge in [-0.05, 0) is 35.9 Å². The van der Waals surface area contributed by atoms with Crippen molar-refractivity contribution in [2.45, 2.75) is 13.1 Å². The van der Waals surface area contributed by atoms with Crippen LogP contribution >= 0.6 is 39.9 Å². The third-order valence-electron chi connectivity index (χ3n) is 3.35. The largest absolute Gasteiger partial charge is 0.493 e. The van der Waals surface area contributed by atoms with Gasteiger partial charge in [0, 0.05) is 16.6 Å². The van der Waals surface area contributed by atoms with Gasteiger partial charge in [0.25, 0.3) is 0 Å². The van der Waals surface area contributed by atoms with Gasteiger partial charge in [0.1, 0.15) is 5.82 Å². The molecule has 3 N–H and O–H groups in total. The number of rotatable bonds is 6. The van der Waals surface area contributed by atoms with Crippen LogP contribution in [0.25, 0.3) is 0 Å². The van der Waals surface area contributed by atoms with Crippen LogP contribution < -0.4 is 20.5 Å². The van der Waals surface area contributed by atoms with Gasteiger partial charge in [-0.1, -0.05) is 22.0 Å². The molecule has 8 heteroatoms. The van der Waals surface area contributed by atoms with E-state index in [9.17, 15) is 4.39 Å². The number of benzene rings is 2. The molecule has 0 radical (unpaired) electrons. The molecule has 0 saturated heterocycles. The molecular weight excluding hydrogens is 504 g/mol. The van der Waals surface area contributed by atoms with Crippen LogP contribution in [0, 0.1) is 5.82 Å². The summed E-state index contributed by atoms with van der Waals surface area (Å²) in [6.45, 7) is 0.632. The van der Waals surface area contributed by atoms with E-state index in [-0.39, 0.29) is 42.3 Å². The SMILES string of the molecule is COc1ccc(CN=C(N)NCc2cc(Br)ccc2F)cc1OC.I. The molecule has 5 nitrogen and oxygen atoms in total. The molecule has 0 aliphatic rings. The van der Waals surface area contributed by atoms with Gasteiger partial charge in [-0.25, -0.2) is 9.38 Å². The number of ether oxygens (including phenoxy) is 2. The minimum absolute atomic E-state index is 0. The number of aliphatic imine (C=N–C) groups is 1. The zero-order valence-electron chi connectivity index (χ0n) is 13.9. The summed E-state index contributed by atoms with van der Waals surface area (Å²) in [5.74, 6) is 1.23. The Labute approximate surface area is 172 Å². The van der Waals surface area contributed by atoms with Crippen LogP contribution in [-0.4, -0.2) is 20.2 Å². The summed E-state index contributed by atoms with van der Waals surface area (Å²) < 4.78 is 24.9. The molecule has 0 heterocycles. The zero-order chi connectivity index (χ0) is 17.5. The molecule has 0 bridgehead atoms. The highest BCUT2D eigenvalue weighted by molar-refractivity contribution is 14.0. The molecule has 0 amide bonds. The van der Waals surface area contributed by atoms with Crippen molar-refractivity contribution in [3.05, 3.63) is 57.8 Å². The Kier molecular flexibility index (Phi) is 8.98. The van der Waals surface area contributed by atoms with Crippen LogP contribution in [-0.2, 0) is 13.1 Å². The lowest BCUT2D eigenvalue weighted by atomic mass is 10.2. The Morgan fingerprint density at radius 2 is 1.88 bits per heavy atom. The van der Waals surface area contributed by atoms with Crippen LogP contribution in [0.4, 0.5) is 4.39 Å². The van der Waals surface area contributed by atoms with Crippen molar-refractivity contribution < 1.29 is 13.9 Å². The van der Waals surface area contributed by atoms with Crippen molar-refractivity contribution in [1.82, 2.24) is 5.32 Å². The second kappa shape index (κ2) is 10.4. The predicted octanol–water partition coefficient (Wildman–Crippen LogP) is 3.83. The summed E-state index contributed by atoms with van der Waals surface area (Å²) in [7, 11) is 3.16. The molecule has 0 spiro atoms. The summed E-state index contributed by atoms with van der Waals surface area (Å²) in [6, 6.07) is 10.3. The zero-order valence-corrected chi connectivity index (χ0v) is 17.8. The number of nitrogens with zero attached hydrogens (tertiary/aromatic N) is 1. The molecule has 2 rings (SSSR count). The van der Waals surface area contributed by atoms with Crippen molar-refractivity contribution in [3.8, 4) is 11.5 Å². The fraction of sp³-hybridized carbons (Fsp3) is 0.235. The van der Waals surface area contributed by atoms with E-state index in [1.165, 1.54) is 6.07 Å². The molecular formula is C17H20BrFIN3O2. The average molecular weight is 524 g/mol. The highest BCUT2D eigenvalue weighted by atomic mass is 127. The normalized spacial score (nSPS) is 10.8. The van der Waals surface area contributed by atoms with Crippen molar-refractivity contribution in [2.75, 3.05) is 14.2 Å². The maximum absolute atomic E-state index is 13.7. The highest BCUT2D eigenvalue weighted by Crippen LogP contribution is 2.27. The maximum atomic E-state index is 13.7. The quantitative estimate of drug-likeness (QED) is 0.343. The van der Waals surface area contributed by atoms with Crippen LogP contribution in [0.2, 0.25) is 0 Å². The second-order valence-corrected chi connectivity index (χ2v) is 5.90. The lowest BCUT2D eigenvalue weighted by molar-refractivity contribution is 0.354. The first-order valence-electron chi connectivity index (χ1n) is 7.22. The van der Waals surface area contributed by atoms with E-state index in [1.54, 1.807) is 26.4 Å². The standard InChI is InChI=1S/C17H19BrFN3O2.HI/c1-23-15-6-3-11(7-16(15)24-2)9-21-17(20)22-10-12-8-13(18)4-5-14(12)19;/h3-8H,9-10H2,1-2H3,(H3,20,21,22);1H. The van der Waals surface area contributed by atoms with E-state index in [4.69, 9.17) is 15.2 Å². The van der Waals surface area contributed by atoms with E-state index in [0.717, 1.165) is 10.0 Å². The fourth-order valence-corrected chi connectivity index (χ4v) is 2.48. The average Bonchev–Trinajstić information content (AvgIpc) is 2.60. The number of hydrogen-bond acceptors (Lipinski definition) is 3. The van der Waals surface area contributed by atoms with Gasteiger partial charge in [-0.2, -0.15) is 0 Å². The molecule has 0 saturated carbocycles. The Balaban J connectivity index is 0.00000312. The molecule has 0 aromatic heterocycles. The maximum Gasteiger partial charge on any atom is 0.189 e. The summed E-state index contributed by atoms with van der Waals surface area (Å²) >= 11 is 3.31. The van der Waals surface area contributed by atoms with Gasteiger partial charge in [0.05, 0.1) is 20.8 Å². The fourth-order valence-electron chi connectivity index (χ4n) is 2.08. The van der Waals surface area contributed by atoms with E-state index in [0.29, 0.717) is 23.6 Å². The Morgan fingerprint density at radius 1 is 1.16 bits per heavy atom. The number of methoxy groups -OCH3 is 2. The smallest absolute Gasteiger partial charge is 0.189 e. The molecule has 2 aromatic rings. The highest BCUT2D eigenvalue weighted by Gasteiger charge is 2.05. The van der Waals surface area contributed by atoms with Crippen LogP contribution in [0.1, 0.15) is 11.1 Å². The van der Waals surface area contributed by atoms with E-state index >= 15 is 0 Å². The third-order valence-corrected chi connectivity index (χ3v) is 3.84. The molecule has 2 aromatic carbocycles.